The SMILES string of the molecule is CC(C)(C)c1nc2cc(CC(=O)O)ccn2n1. The van der Waals surface area contributed by atoms with Crippen LogP contribution in [0.4, 0.5) is 0 Å². The molecule has 0 atom stereocenters. The van der Waals surface area contributed by atoms with Crippen LogP contribution in [0.2, 0.25) is 0 Å². The van der Waals surface area contributed by atoms with Crippen LogP contribution in [0.3, 0.4) is 0 Å². The van der Waals surface area contributed by atoms with Gasteiger partial charge in [-0.25, -0.2) is 9.50 Å². The molecule has 0 radical (unpaired) electrons. The Morgan fingerprint density at radius 3 is 2.76 bits per heavy atom. The molecule has 90 valence electrons. The second kappa shape index (κ2) is 3.84. The molecule has 0 saturated heterocycles. The molecule has 0 unspecified atom stereocenters. The molecule has 2 heterocycles. The van der Waals surface area contributed by atoms with Gasteiger partial charge in [-0.3, -0.25) is 4.79 Å². The van der Waals surface area contributed by atoms with E-state index < -0.39 is 5.97 Å². The van der Waals surface area contributed by atoms with Crippen LogP contribution < -0.4 is 0 Å². The summed E-state index contributed by atoms with van der Waals surface area (Å²) in [6, 6.07) is 3.51. The van der Waals surface area contributed by atoms with Crippen LogP contribution in [0.15, 0.2) is 18.3 Å². The Morgan fingerprint density at radius 1 is 1.47 bits per heavy atom. The minimum atomic E-state index is -0.843. The highest BCUT2D eigenvalue weighted by molar-refractivity contribution is 5.70. The van der Waals surface area contributed by atoms with Gasteiger partial charge >= 0.3 is 5.97 Å². The van der Waals surface area contributed by atoms with Crippen molar-refractivity contribution < 1.29 is 9.90 Å². The number of carbonyl (C=O) groups is 1. The highest BCUT2D eigenvalue weighted by Crippen LogP contribution is 2.19. The zero-order valence-electron chi connectivity index (χ0n) is 10.1. The maximum absolute atomic E-state index is 10.6. The Kier molecular flexibility index (Phi) is 2.61. The third kappa shape index (κ3) is 2.43. The van der Waals surface area contributed by atoms with Crippen molar-refractivity contribution in [2.24, 2.45) is 0 Å². The zero-order chi connectivity index (χ0) is 12.6. The minimum Gasteiger partial charge on any atom is -0.481 e. The molecular weight excluding hydrogens is 218 g/mol. The summed E-state index contributed by atoms with van der Waals surface area (Å²) in [6.45, 7) is 6.12. The van der Waals surface area contributed by atoms with Gasteiger partial charge in [0, 0.05) is 11.6 Å². The van der Waals surface area contributed by atoms with Crippen molar-refractivity contribution in [3.63, 3.8) is 0 Å². The maximum atomic E-state index is 10.6. The number of rotatable bonds is 2. The van der Waals surface area contributed by atoms with Crippen molar-refractivity contribution in [3.8, 4) is 0 Å². The van der Waals surface area contributed by atoms with Gasteiger partial charge in [-0.1, -0.05) is 20.8 Å². The molecule has 0 aliphatic rings. The molecule has 0 spiro atoms. The van der Waals surface area contributed by atoms with E-state index in [2.05, 4.69) is 10.1 Å². The van der Waals surface area contributed by atoms with Crippen LogP contribution >= 0.6 is 0 Å². The zero-order valence-corrected chi connectivity index (χ0v) is 10.1. The molecule has 2 aromatic rings. The van der Waals surface area contributed by atoms with Crippen LogP contribution in [-0.4, -0.2) is 25.7 Å². The summed E-state index contributed by atoms with van der Waals surface area (Å²) in [5.41, 5.74) is 1.31. The van der Waals surface area contributed by atoms with Gasteiger partial charge < -0.3 is 5.11 Å². The molecule has 0 aliphatic carbocycles. The van der Waals surface area contributed by atoms with Gasteiger partial charge in [-0.05, 0) is 17.7 Å². The molecule has 2 aromatic heterocycles. The van der Waals surface area contributed by atoms with Crippen molar-refractivity contribution in [1.82, 2.24) is 14.6 Å². The lowest BCUT2D eigenvalue weighted by atomic mass is 9.96. The van der Waals surface area contributed by atoms with E-state index in [-0.39, 0.29) is 11.8 Å². The number of aliphatic carboxylic acids is 1. The molecule has 1 N–H and O–H groups in total. The fourth-order valence-corrected chi connectivity index (χ4v) is 1.53. The summed E-state index contributed by atoms with van der Waals surface area (Å²) in [6.07, 6.45) is 1.75. The van der Waals surface area contributed by atoms with Gasteiger partial charge in [-0.2, -0.15) is 5.10 Å². The molecule has 2 rings (SSSR count). The van der Waals surface area contributed by atoms with E-state index in [0.717, 1.165) is 11.4 Å². The van der Waals surface area contributed by atoms with Gasteiger partial charge in [-0.15, -0.1) is 0 Å². The first-order chi connectivity index (χ1) is 7.86. The normalized spacial score (nSPS) is 11.9. The molecule has 0 saturated carbocycles. The standard InChI is InChI=1S/C12H15N3O2/c1-12(2,3)11-13-9-6-8(7-10(16)17)4-5-15(9)14-11/h4-6H,7H2,1-3H3,(H,16,17). The quantitative estimate of drug-likeness (QED) is 0.856. The molecule has 0 aromatic carbocycles. The lowest BCUT2D eigenvalue weighted by Gasteiger charge is -2.11. The first-order valence-electron chi connectivity index (χ1n) is 5.44. The number of fused-ring (bicyclic) bond motifs is 1. The number of aromatic nitrogens is 3. The number of carboxylic acids is 1. The Morgan fingerprint density at radius 2 is 2.18 bits per heavy atom. The van der Waals surface area contributed by atoms with Crippen molar-refractivity contribution in [2.75, 3.05) is 0 Å². The number of hydrogen-bond acceptors (Lipinski definition) is 3. The predicted molar refractivity (Wildman–Crippen MR) is 63.0 cm³/mol. The molecular formula is C12H15N3O2. The molecule has 5 heteroatoms. The van der Waals surface area contributed by atoms with Gasteiger partial charge in [0.15, 0.2) is 11.5 Å². The summed E-state index contributed by atoms with van der Waals surface area (Å²) in [7, 11) is 0. The van der Waals surface area contributed by atoms with Gasteiger partial charge in [0.25, 0.3) is 0 Å². The monoisotopic (exact) mass is 233 g/mol. The smallest absolute Gasteiger partial charge is 0.307 e. The number of carboxylic acid groups (broad SMARTS) is 1. The van der Waals surface area contributed by atoms with Crippen molar-refractivity contribution >= 4 is 11.6 Å². The summed E-state index contributed by atoms with van der Waals surface area (Å²) in [4.78, 5) is 15.0. The summed E-state index contributed by atoms with van der Waals surface area (Å²) in [5, 5.41) is 13.1. The van der Waals surface area contributed by atoms with E-state index in [1.165, 1.54) is 0 Å². The largest absolute Gasteiger partial charge is 0.481 e. The third-order valence-corrected chi connectivity index (χ3v) is 2.43. The van der Waals surface area contributed by atoms with Crippen molar-refractivity contribution in [1.29, 1.82) is 0 Å². The fraction of sp³-hybridized carbons (Fsp3) is 0.417. The van der Waals surface area contributed by atoms with Crippen LogP contribution in [-0.2, 0) is 16.6 Å². The van der Waals surface area contributed by atoms with E-state index in [4.69, 9.17) is 5.11 Å². The molecule has 0 amide bonds. The Hall–Kier alpha value is -1.91. The van der Waals surface area contributed by atoms with Crippen LogP contribution in [0, 0.1) is 0 Å². The number of pyridine rings is 1. The Bertz CT molecular complexity index is 567. The van der Waals surface area contributed by atoms with Crippen molar-refractivity contribution in [3.05, 3.63) is 29.7 Å². The van der Waals surface area contributed by atoms with Crippen LogP contribution in [0.25, 0.3) is 5.65 Å². The van der Waals surface area contributed by atoms with E-state index in [1.807, 2.05) is 20.8 Å². The Balaban J connectivity index is 2.44. The number of hydrogen-bond donors (Lipinski definition) is 1. The number of nitrogens with zero attached hydrogens (tertiary/aromatic N) is 3. The molecule has 5 nitrogen and oxygen atoms in total. The van der Waals surface area contributed by atoms with Crippen LogP contribution in [0.5, 0.6) is 0 Å². The van der Waals surface area contributed by atoms with Crippen LogP contribution in [0.1, 0.15) is 32.2 Å². The maximum Gasteiger partial charge on any atom is 0.307 e. The topological polar surface area (TPSA) is 67.5 Å². The first kappa shape index (κ1) is 11.6. The van der Waals surface area contributed by atoms with Gasteiger partial charge in [0.05, 0.1) is 6.42 Å². The van der Waals surface area contributed by atoms with Crippen molar-refractivity contribution in [2.45, 2.75) is 32.6 Å². The second-order valence-electron chi connectivity index (χ2n) is 5.09. The van der Waals surface area contributed by atoms with E-state index >= 15 is 0 Å². The summed E-state index contributed by atoms with van der Waals surface area (Å²) in [5.74, 6) is -0.0881. The van der Waals surface area contributed by atoms with E-state index in [9.17, 15) is 4.79 Å². The summed E-state index contributed by atoms with van der Waals surface area (Å²) < 4.78 is 1.67. The lowest BCUT2D eigenvalue weighted by molar-refractivity contribution is -0.136. The average Bonchev–Trinajstić information content (AvgIpc) is 2.58. The molecule has 0 aliphatic heterocycles. The fourth-order valence-electron chi connectivity index (χ4n) is 1.53. The van der Waals surface area contributed by atoms with Gasteiger partial charge in [0.1, 0.15) is 0 Å². The first-order valence-corrected chi connectivity index (χ1v) is 5.44. The predicted octanol–water partition coefficient (Wildman–Crippen LogP) is 1.65. The Labute approximate surface area is 99.1 Å². The second-order valence-corrected chi connectivity index (χ2v) is 5.09. The summed E-state index contributed by atoms with van der Waals surface area (Å²) >= 11 is 0. The molecule has 0 fully saturated rings. The molecule has 0 bridgehead atoms. The van der Waals surface area contributed by atoms with E-state index in [1.54, 1.807) is 22.8 Å². The highest BCUT2D eigenvalue weighted by atomic mass is 16.4. The lowest BCUT2D eigenvalue weighted by Crippen LogP contribution is -2.13. The average molecular weight is 233 g/mol. The third-order valence-electron chi connectivity index (χ3n) is 2.43. The van der Waals surface area contributed by atoms with E-state index in [0.29, 0.717) is 5.65 Å². The molecule has 17 heavy (non-hydrogen) atoms. The highest BCUT2D eigenvalue weighted by Gasteiger charge is 2.19. The van der Waals surface area contributed by atoms with Gasteiger partial charge in [0.2, 0.25) is 0 Å². The minimum absolute atomic E-state index is 0.00815.